The molecule has 5 atom stereocenters. The van der Waals surface area contributed by atoms with Crippen molar-refractivity contribution in [2.24, 2.45) is 0 Å². The molecule has 0 spiro atoms. The number of rotatable bonds is 7. The Bertz CT molecular complexity index is 860. The molecule has 0 aliphatic carbocycles. The molecule has 1 saturated heterocycles. The van der Waals surface area contributed by atoms with Crippen molar-refractivity contribution in [2.45, 2.75) is 30.8 Å². The lowest BCUT2D eigenvalue weighted by molar-refractivity contribution is -0.274. The smallest absolute Gasteiger partial charge is 0.338 e. The van der Waals surface area contributed by atoms with Gasteiger partial charge in [-0.15, -0.1) is 0 Å². The monoisotopic (exact) mass is 418 g/mol. The van der Waals surface area contributed by atoms with Crippen LogP contribution in [0, 0.1) is 0 Å². The van der Waals surface area contributed by atoms with Gasteiger partial charge in [-0.1, -0.05) is 36.4 Å². The van der Waals surface area contributed by atoms with Gasteiger partial charge in [0, 0.05) is 0 Å². The normalized spacial score (nSPS) is 25.7. The van der Waals surface area contributed by atoms with Crippen molar-refractivity contribution >= 4 is 18.4 Å². The molecule has 0 radical (unpaired) electrons. The van der Waals surface area contributed by atoms with Crippen molar-refractivity contribution < 1.29 is 42.8 Å². The number of hydrogen-bond donors (Lipinski definition) is 1. The summed E-state index contributed by atoms with van der Waals surface area (Å²) >= 11 is 0. The minimum Gasteiger partial charge on any atom is -0.465 e. The zero-order valence-electron chi connectivity index (χ0n) is 15.6. The van der Waals surface area contributed by atoms with Crippen molar-refractivity contribution in [3.05, 3.63) is 71.8 Å². The van der Waals surface area contributed by atoms with E-state index in [0.717, 1.165) is 0 Å². The second kappa shape index (κ2) is 9.95. The van der Waals surface area contributed by atoms with Crippen LogP contribution in [-0.4, -0.2) is 60.9 Å². The van der Waals surface area contributed by atoms with Gasteiger partial charge in [0.15, 0.2) is 24.7 Å². The maximum Gasteiger partial charge on any atom is 0.338 e. The first kappa shape index (κ1) is 21.4. The number of carbonyl (C=O) groups is 3. The van der Waals surface area contributed by atoms with E-state index in [1.807, 2.05) is 0 Å². The van der Waals surface area contributed by atoms with Crippen LogP contribution < -0.4 is 0 Å². The first-order chi connectivity index (χ1) is 14.5. The fourth-order valence-electron chi connectivity index (χ4n) is 2.94. The summed E-state index contributed by atoms with van der Waals surface area (Å²) in [7, 11) is 0. The number of aliphatic hydroxyl groups is 1. The average Bonchev–Trinajstić information content (AvgIpc) is 2.78. The van der Waals surface area contributed by atoms with E-state index in [0.29, 0.717) is 0 Å². The number of ether oxygens (including phenoxy) is 4. The van der Waals surface area contributed by atoms with Crippen LogP contribution in [0.25, 0.3) is 0 Å². The summed E-state index contributed by atoms with van der Waals surface area (Å²) in [6.07, 6.45) is -8.64. The van der Waals surface area contributed by atoms with E-state index in [4.69, 9.17) is 14.2 Å². The molecule has 9 heteroatoms. The minimum atomic E-state index is -2.05. The highest BCUT2D eigenvalue weighted by molar-refractivity contribution is 5.90. The molecule has 2 aromatic carbocycles. The lowest BCUT2D eigenvalue weighted by Gasteiger charge is -2.40. The highest BCUT2D eigenvalue weighted by Crippen LogP contribution is 2.29. The molecule has 1 fully saturated rings. The summed E-state index contributed by atoms with van der Waals surface area (Å²) < 4.78 is 35.2. The molecule has 0 amide bonds. The van der Waals surface area contributed by atoms with E-state index < -0.39 is 49.3 Å². The third kappa shape index (κ3) is 5.00. The van der Waals surface area contributed by atoms with E-state index in [9.17, 15) is 19.5 Å². The standard InChI is InChI=1S/C21H19FO8/c22-16-15(11-27-12-23)28-21(26)18(30-20(25)14-9-5-2-6-10-14)17(16)29-19(24)13-7-3-1-4-8-13/h1-10,12,15-18,21,26H,11H2. The first-order valence-corrected chi connectivity index (χ1v) is 9.06. The molecule has 1 aliphatic heterocycles. The van der Waals surface area contributed by atoms with Gasteiger partial charge in [-0.25, -0.2) is 14.0 Å². The second-order valence-corrected chi connectivity index (χ2v) is 6.41. The van der Waals surface area contributed by atoms with Gasteiger partial charge in [-0.2, -0.15) is 0 Å². The zero-order chi connectivity index (χ0) is 21.5. The fourth-order valence-corrected chi connectivity index (χ4v) is 2.94. The molecule has 2 aromatic rings. The summed E-state index contributed by atoms with van der Waals surface area (Å²) in [5.74, 6) is -1.74. The predicted molar refractivity (Wildman–Crippen MR) is 99.1 cm³/mol. The molecule has 30 heavy (non-hydrogen) atoms. The molecule has 5 unspecified atom stereocenters. The highest BCUT2D eigenvalue weighted by Gasteiger charge is 2.50. The van der Waals surface area contributed by atoms with Gasteiger partial charge >= 0.3 is 11.9 Å². The molecule has 1 heterocycles. The number of hydrogen-bond acceptors (Lipinski definition) is 8. The van der Waals surface area contributed by atoms with Crippen LogP contribution in [0.2, 0.25) is 0 Å². The Balaban J connectivity index is 1.82. The van der Waals surface area contributed by atoms with Gasteiger partial charge in [-0.05, 0) is 24.3 Å². The van der Waals surface area contributed by atoms with Crippen molar-refractivity contribution in [3.63, 3.8) is 0 Å². The van der Waals surface area contributed by atoms with Crippen molar-refractivity contribution in [2.75, 3.05) is 6.61 Å². The van der Waals surface area contributed by atoms with Gasteiger partial charge in [0.2, 0.25) is 0 Å². The van der Waals surface area contributed by atoms with Crippen LogP contribution in [-0.2, 0) is 23.7 Å². The van der Waals surface area contributed by atoms with Crippen LogP contribution in [0.4, 0.5) is 4.39 Å². The Kier molecular flexibility index (Phi) is 7.10. The fraction of sp³-hybridized carbons (Fsp3) is 0.286. The Labute approximate surface area is 171 Å². The quantitative estimate of drug-likeness (QED) is 0.411. The lowest BCUT2D eigenvalue weighted by Crippen LogP contribution is -2.59. The highest BCUT2D eigenvalue weighted by atomic mass is 19.1. The van der Waals surface area contributed by atoms with Crippen molar-refractivity contribution in [3.8, 4) is 0 Å². The lowest BCUT2D eigenvalue weighted by atomic mass is 9.99. The molecule has 0 saturated carbocycles. The van der Waals surface area contributed by atoms with Gasteiger partial charge in [0.05, 0.1) is 11.1 Å². The number of benzene rings is 2. The third-order valence-electron chi connectivity index (χ3n) is 4.42. The molecule has 0 aromatic heterocycles. The maximum atomic E-state index is 15.1. The number of esters is 2. The number of aliphatic hydroxyl groups excluding tert-OH is 1. The Morgan fingerprint density at radius 2 is 1.43 bits per heavy atom. The van der Waals surface area contributed by atoms with Gasteiger partial charge in [-0.3, -0.25) is 4.79 Å². The number of carbonyl (C=O) groups excluding carboxylic acids is 3. The summed E-state index contributed by atoms with van der Waals surface area (Å²) in [6, 6.07) is 15.6. The van der Waals surface area contributed by atoms with E-state index in [1.165, 1.54) is 24.3 Å². The second-order valence-electron chi connectivity index (χ2n) is 6.41. The Morgan fingerprint density at radius 1 is 0.933 bits per heavy atom. The first-order valence-electron chi connectivity index (χ1n) is 9.06. The van der Waals surface area contributed by atoms with E-state index in [1.54, 1.807) is 36.4 Å². The van der Waals surface area contributed by atoms with Gasteiger partial charge < -0.3 is 24.1 Å². The van der Waals surface area contributed by atoms with Crippen LogP contribution in [0.5, 0.6) is 0 Å². The summed E-state index contributed by atoms with van der Waals surface area (Å²) in [6.45, 7) is -0.435. The molecule has 1 aliphatic rings. The summed E-state index contributed by atoms with van der Waals surface area (Å²) in [5, 5.41) is 10.3. The molecule has 8 nitrogen and oxygen atoms in total. The SMILES string of the molecule is O=COCC1OC(O)C(OC(=O)c2ccccc2)C(OC(=O)c2ccccc2)C1F. The Morgan fingerprint density at radius 3 is 1.93 bits per heavy atom. The molecule has 1 N–H and O–H groups in total. The molecular formula is C21H19FO8. The third-order valence-corrected chi connectivity index (χ3v) is 4.42. The van der Waals surface area contributed by atoms with Crippen LogP contribution in [0.15, 0.2) is 60.7 Å². The molecule has 3 rings (SSSR count). The summed E-state index contributed by atoms with van der Waals surface area (Å²) in [4.78, 5) is 35.3. The van der Waals surface area contributed by atoms with Crippen molar-refractivity contribution in [1.29, 1.82) is 0 Å². The van der Waals surface area contributed by atoms with Crippen LogP contribution in [0.1, 0.15) is 20.7 Å². The number of alkyl halides is 1. The molecular weight excluding hydrogens is 399 g/mol. The van der Waals surface area contributed by atoms with Crippen molar-refractivity contribution in [1.82, 2.24) is 0 Å². The predicted octanol–water partition coefficient (Wildman–Crippen LogP) is 1.67. The van der Waals surface area contributed by atoms with E-state index >= 15 is 4.39 Å². The van der Waals surface area contributed by atoms with E-state index in [-0.39, 0.29) is 17.6 Å². The maximum absolute atomic E-state index is 15.1. The zero-order valence-corrected chi connectivity index (χ0v) is 15.6. The van der Waals surface area contributed by atoms with Crippen LogP contribution >= 0.6 is 0 Å². The molecule has 158 valence electrons. The summed E-state index contributed by atoms with van der Waals surface area (Å²) in [5.41, 5.74) is 0.291. The number of halogens is 1. The topological polar surface area (TPSA) is 108 Å². The molecule has 0 bridgehead atoms. The largest absolute Gasteiger partial charge is 0.465 e. The van der Waals surface area contributed by atoms with Gasteiger partial charge in [0.25, 0.3) is 6.47 Å². The Hall–Kier alpha value is -3.30. The van der Waals surface area contributed by atoms with Gasteiger partial charge in [0.1, 0.15) is 12.7 Å². The average molecular weight is 418 g/mol. The minimum absolute atomic E-state index is 0.0922. The van der Waals surface area contributed by atoms with E-state index in [2.05, 4.69) is 4.74 Å². The van der Waals surface area contributed by atoms with Crippen LogP contribution in [0.3, 0.4) is 0 Å².